The third kappa shape index (κ3) is 13.1. The fourth-order valence-corrected chi connectivity index (χ4v) is 2.91. The summed E-state index contributed by atoms with van der Waals surface area (Å²) in [6.45, 7) is 1.52. The molecule has 0 radical (unpaired) electrons. The number of thiol groups is 1. The summed E-state index contributed by atoms with van der Waals surface area (Å²) >= 11 is 9.35. The van der Waals surface area contributed by atoms with Gasteiger partial charge in [-0.05, 0) is 50.3 Å². The van der Waals surface area contributed by atoms with Gasteiger partial charge in [-0.1, -0.05) is 12.2 Å². The summed E-state index contributed by atoms with van der Waals surface area (Å²) < 4.78 is 10.8. The summed E-state index contributed by atoms with van der Waals surface area (Å²) in [5.74, 6) is 0. The van der Waals surface area contributed by atoms with E-state index in [1.54, 1.807) is 0 Å². The van der Waals surface area contributed by atoms with Crippen molar-refractivity contribution in [3.8, 4) is 0 Å². The minimum Gasteiger partial charge on any atom is -0.396 e. The number of aliphatic hydroxyl groups is 2. The van der Waals surface area contributed by atoms with Crippen molar-refractivity contribution in [2.24, 2.45) is 0 Å². The third-order valence-corrected chi connectivity index (χ3v) is 4.46. The van der Waals surface area contributed by atoms with E-state index in [2.05, 4.69) is 12.2 Å². The summed E-state index contributed by atoms with van der Waals surface area (Å²) in [7, 11) is 0. The molecule has 0 aromatic carbocycles. The lowest BCUT2D eigenvalue weighted by Gasteiger charge is -2.16. The number of aliphatic hydroxyl groups excluding tert-OH is 2. The summed E-state index contributed by atoms with van der Waals surface area (Å²) in [4.78, 5) is 0. The molecule has 2 N–H and O–H groups in total. The minimum atomic E-state index is -2.39. The fraction of sp³-hybridized carbons (Fsp3) is 1.00. The van der Waals surface area contributed by atoms with E-state index in [0.717, 1.165) is 38.5 Å². The van der Waals surface area contributed by atoms with Crippen molar-refractivity contribution in [2.45, 2.75) is 38.5 Å². The highest BCUT2D eigenvalue weighted by Crippen LogP contribution is 2.53. The van der Waals surface area contributed by atoms with Crippen molar-refractivity contribution in [1.82, 2.24) is 0 Å². The van der Waals surface area contributed by atoms with E-state index in [1.165, 1.54) is 0 Å². The molecule has 0 aliphatic rings. The second kappa shape index (κ2) is 11.9. The van der Waals surface area contributed by atoms with Gasteiger partial charge < -0.3 is 19.3 Å². The van der Waals surface area contributed by atoms with Crippen molar-refractivity contribution in [3.05, 3.63) is 0 Å². The van der Waals surface area contributed by atoms with Crippen LogP contribution in [0.15, 0.2) is 0 Å². The number of unbranched alkanes of at least 4 members (excludes halogenated alkanes) is 4. The van der Waals surface area contributed by atoms with Gasteiger partial charge in [0.15, 0.2) is 0 Å². The first-order chi connectivity index (χ1) is 8.12. The van der Waals surface area contributed by atoms with Crippen molar-refractivity contribution in [2.75, 3.05) is 26.4 Å². The number of hydrogen-bond acceptors (Lipinski definition) is 5. The fourth-order valence-electron chi connectivity index (χ4n) is 1.18. The van der Waals surface area contributed by atoms with Gasteiger partial charge in [-0.3, -0.25) is 0 Å². The zero-order valence-corrected chi connectivity index (χ0v) is 12.7. The van der Waals surface area contributed by atoms with Crippen molar-refractivity contribution >= 4 is 29.7 Å². The van der Waals surface area contributed by atoms with Crippen LogP contribution in [0, 0.1) is 0 Å². The molecule has 0 aliphatic heterocycles. The van der Waals surface area contributed by atoms with Crippen LogP contribution < -0.4 is 0 Å². The molecule has 0 amide bonds. The third-order valence-electron chi connectivity index (χ3n) is 2.11. The molecular weight excluding hydrogens is 279 g/mol. The topological polar surface area (TPSA) is 58.9 Å². The van der Waals surface area contributed by atoms with E-state index in [4.69, 9.17) is 31.1 Å². The Kier molecular flexibility index (Phi) is 12.5. The molecule has 0 spiro atoms. The summed E-state index contributed by atoms with van der Waals surface area (Å²) in [6.07, 6.45) is 5.18. The van der Waals surface area contributed by atoms with Crippen LogP contribution >= 0.6 is 17.9 Å². The molecule has 17 heavy (non-hydrogen) atoms. The van der Waals surface area contributed by atoms with Gasteiger partial charge in [-0.25, -0.2) is 0 Å². The molecule has 0 aromatic heterocycles. The molecule has 104 valence electrons. The predicted octanol–water partition coefficient (Wildman–Crippen LogP) is 2.50. The van der Waals surface area contributed by atoms with E-state index < -0.39 is 5.69 Å². The van der Waals surface area contributed by atoms with E-state index in [-0.39, 0.29) is 13.2 Å². The van der Waals surface area contributed by atoms with Gasteiger partial charge in [0.2, 0.25) is 5.69 Å². The molecule has 0 rings (SSSR count). The Balaban J connectivity index is 3.42. The summed E-state index contributed by atoms with van der Waals surface area (Å²) in [6, 6.07) is 0. The summed E-state index contributed by atoms with van der Waals surface area (Å²) in [5, 5.41) is 17.2. The molecule has 0 saturated heterocycles. The molecule has 0 bridgehead atoms. The lowest BCUT2D eigenvalue weighted by atomic mass is 10.2. The zero-order chi connectivity index (χ0) is 13.0. The van der Waals surface area contributed by atoms with Crippen LogP contribution in [0.4, 0.5) is 0 Å². The smallest absolute Gasteiger partial charge is 0.244 e. The van der Waals surface area contributed by atoms with Crippen LogP contribution in [-0.4, -0.2) is 36.6 Å². The van der Waals surface area contributed by atoms with Crippen molar-refractivity contribution < 1.29 is 19.3 Å². The second-order valence-corrected chi connectivity index (χ2v) is 8.99. The SMILES string of the molecule is OCCCCCOP(=S)(S)OCCCCCO. The van der Waals surface area contributed by atoms with Crippen LogP contribution in [0.2, 0.25) is 0 Å². The normalized spacial score (nSPS) is 11.9. The quantitative estimate of drug-likeness (QED) is 0.294. The van der Waals surface area contributed by atoms with Crippen LogP contribution in [-0.2, 0) is 20.9 Å². The largest absolute Gasteiger partial charge is 0.396 e. The van der Waals surface area contributed by atoms with E-state index in [1.807, 2.05) is 0 Å². The highest BCUT2D eigenvalue weighted by Gasteiger charge is 2.12. The number of hydrogen-bond donors (Lipinski definition) is 3. The van der Waals surface area contributed by atoms with Gasteiger partial charge in [0.05, 0.1) is 13.2 Å². The van der Waals surface area contributed by atoms with E-state index in [0.29, 0.717) is 13.2 Å². The molecule has 4 nitrogen and oxygen atoms in total. The molecule has 0 unspecified atom stereocenters. The second-order valence-electron chi connectivity index (χ2n) is 3.70. The molecule has 0 heterocycles. The van der Waals surface area contributed by atoms with E-state index in [9.17, 15) is 0 Å². The first kappa shape index (κ1) is 17.8. The van der Waals surface area contributed by atoms with Crippen LogP contribution in [0.3, 0.4) is 0 Å². The molecule has 0 saturated carbocycles. The van der Waals surface area contributed by atoms with Crippen molar-refractivity contribution in [3.63, 3.8) is 0 Å². The molecule has 0 fully saturated rings. The van der Waals surface area contributed by atoms with Crippen LogP contribution in [0.1, 0.15) is 38.5 Å². The van der Waals surface area contributed by atoms with Gasteiger partial charge >= 0.3 is 0 Å². The van der Waals surface area contributed by atoms with Crippen LogP contribution in [0.5, 0.6) is 0 Å². The molecule has 0 aromatic rings. The number of rotatable bonds is 12. The first-order valence-corrected chi connectivity index (χ1v) is 9.75. The molecular formula is C10H23O4PS2. The minimum absolute atomic E-state index is 0.219. The van der Waals surface area contributed by atoms with Gasteiger partial charge in [0.1, 0.15) is 0 Å². The van der Waals surface area contributed by atoms with E-state index >= 15 is 0 Å². The lowest BCUT2D eigenvalue weighted by molar-refractivity contribution is 0.237. The van der Waals surface area contributed by atoms with Gasteiger partial charge in [-0.2, -0.15) is 0 Å². The van der Waals surface area contributed by atoms with Gasteiger partial charge in [0.25, 0.3) is 0 Å². The monoisotopic (exact) mass is 302 g/mol. The highest BCUT2D eigenvalue weighted by molar-refractivity contribution is 8.60. The lowest BCUT2D eigenvalue weighted by Crippen LogP contribution is -1.96. The Morgan fingerprint density at radius 2 is 1.24 bits per heavy atom. The highest BCUT2D eigenvalue weighted by atomic mass is 32.9. The average Bonchev–Trinajstić information content (AvgIpc) is 2.28. The Labute approximate surface area is 114 Å². The maximum atomic E-state index is 8.60. The Morgan fingerprint density at radius 3 is 1.59 bits per heavy atom. The Hall–Kier alpha value is 0.840. The predicted molar refractivity (Wildman–Crippen MR) is 77.0 cm³/mol. The average molecular weight is 302 g/mol. The van der Waals surface area contributed by atoms with Crippen LogP contribution in [0.25, 0.3) is 0 Å². The Bertz CT molecular complexity index is 198. The molecule has 7 heteroatoms. The Morgan fingerprint density at radius 1 is 0.824 bits per heavy atom. The van der Waals surface area contributed by atoms with Gasteiger partial charge in [0, 0.05) is 13.2 Å². The van der Waals surface area contributed by atoms with Gasteiger partial charge in [-0.15, -0.1) is 0 Å². The van der Waals surface area contributed by atoms with Crippen molar-refractivity contribution in [1.29, 1.82) is 0 Å². The standard InChI is InChI=1S/C10H23O4PS2/c11-7-3-1-5-9-13-15(16,17)14-10-6-2-4-8-12/h11-12H,1-10H2,(H,16,17). The maximum Gasteiger partial charge on any atom is 0.244 e. The first-order valence-electron chi connectivity index (χ1n) is 5.96. The zero-order valence-electron chi connectivity index (χ0n) is 10.1. The molecule has 0 atom stereocenters. The summed E-state index contributed by atoms with van der Waals surface area (Å²) in [5.41, 5.74) is -2.39. The molecule has 0 aliphatic carbocycles. The maximum absolute atomic E-state index is 8.60.